The second-order valence-corrected chi connectivity index (χ2v) is 6.04. The molecule has 0 saturated heterocycles. The lowest BCUT2D eigenvalue weighted by Crippen LogP contribution is -2.26. The van der Waals surface area contributed by atoms with Crippen molar-refractivity contribution in [2.75, 3.05) is 5.32 Å². The summed E-state index contributed by atoms with van der Waals surface area (Å²) in [6, 6.07) is 6.34. The van der Waals surface area contributed by atoms with Gasteiger partial charge in [0.05, 0.1) is 5.75 Å². The molecule has 0 aliphatic carbocycles. The smallest absolute Gasteiger partial charge is 0.225 e. The van der Waals surface area contributed by atoms with Crippen LogP contribution < -0.4 is 16.2 Å². The van der Waals surface area contributed by atoms with Crippen molar-refractivity contribution in [1.29, 1.82) is 0 Å². The van der Waals surface area contributed by atoms with Crippen molar-refractivity contribution in [2.24, 2.45) is 10.9 Å². The highest BCUT2D eigenvalue weighted by atomic mass is 32.2. The SMILES string of the molecule is CCC(N)CC(=O)Nc1ccc(CS(N)(=O)=O)cc1. The minimum atomic E-state index is -3.54. The van der Waals surface area contributed by atoms with Gasteiger partial charge in [0.15, 0.2) is 0 Å². The highest BCUT2D eigenvalue weighted by Gasteiger charge is 2.08. The molecule has 7 heteroatoms. The zero-order valence-corrected chi connectivity index (χ0v) is 11.6. The second-order valence-electron chi connectivity index (χ2n) is 4.42. The van der Waals surface area contributed by atoms with Crippen molar-refractivity contribution in [3.8, 4) is 0 Å². The molecule has 1 atom stereocenters. The van der Waals surface area contributed by atoms with Crippen LogP contribution >= 0.6 is 0 Å². The topological polar surface area (TPSA) is 115 Å². The van der Waals surface area contributed by atoms with Crippen LogP contribution in [0.5, 0.6) is 0 Å². The summed E-state index contributed by atoms with van der Waals surface area (Å²) in [7, 11) is -3.54. The van der Waals surface area contributed by atoms with Gasteiger partial charge in [-0.2, -0.15) is 0 Å². The average Bonchev–Trinajstić information content (AvgIpc) is 2.29. The van der Waals surface area contributed by atoms with E-state index in [1.807, 2.05) is 6.92 Å². The van der Waals surface area contributed by atoms with Crippen LogP contribution in [0.15, 0.2) is 24.3 Å². The zero-order valence-electron chi connectivity index (χ0n) is 10.8. The molecule has 1 amide bonds. The highest BCUT2D eigenvalue weighted by molar-refractivity contribution is 7.88. The zero-order chi connectivity index (χ0) is 14.5. The molecule has 6 nitrogen and oxygen atoms in total. The third kappa shape index (κ3) is 6.32. The molecule has 0 aromatic heterocycles. The number of carbonyl (C=O) groups excluding carboxylic acids is 1. The number of primary sulfonamides is 1. The molecule has 1 aromatic carbocycles. The molecule has 0 aliphatic heterocycles. The predicted octanol–water partition coefficient (Wildman–Crippen LogP) is 0.541. The number of hydrogen-bond donors (Lipinski definition) is 3. The van der Waals surface area contributed by atoms with Crippen LogP contribution in [0.1, 0.15) is 25.3 Å². The van der Waals surface area contributed by atoms with Gasteiger partial charge in [-0.15, -0.1) is 0 Å². The first-order valence-corrected chi connectivity index (χ1v) is 7.66. The maximum Gasteiger partial charge on any atom is 0.225 e. The minimum absolute atomic E-state index is 0.151. The van der Waals surface area contributed by atoms with Gasteiger partial charge in [-0.1, -0.05) is 19.1 Å². The van der Waals surface area contributed by atoms with Crippen molar-refractivity contribution in [3.05, 3.63) is 29.8 Å². The second kappa shape index (κ2) is 6.65. The van der Waals surface area contributed by atoms with Gasteiger partial charge >= 0.3 is 0 Å². The minimum Gasteiger partial charge on any atom is -0.327 e. The van der Waals surface area contributed by atoms with Crippen LogP contribution in [0.25, 0.3) is 0 Å². The Balaban J connectivity index is 2.60. The number of rotatable bonds is 6. The fourth-order valence-electron chi connectivity index (χ4n) is 1.51. The first-order valence-electron chi connectivity index (χ1n) is 5.95. The van der Waals surface area contributed by atoms with Crippen LogP contribution in [0.3, 0.4) is 0 Å². The summed E-state index contributed by atoms with van der Waals surface area (Å²) in [5, 5.41) is 7.64. The number of hydrogen-bond acceptors (Lipinski definition) is 4. The molecule has 0 fully saturated rings. The standard InChI is InChI=1S/C12H19N3O3S/c1-2-10(13)7-12(16)15-11-5-3-9(4-6-11)8-19(14,17)18/h3-6,10H,2,7-8,13H2,1H3,(H,15,16)(H2,14,17,18). The Kier molecular flexibility index (Phi) is 5.46. The summed E-state index contributed by atoms with van der Waals surface area (Å²) in [6.45, 7) is 1.92. The van der Waals surface area contributed by atoms with Gasteiger partial charge in [0, 0.05) is 18.2 Å². The molecule has 106 valence electrons. The van der Waals surface area contributed by atoms with Crippen molar-refractivity contribution >= 4 is 21.6 Å². The summed E-state index contributed by atoms with van der Waals surface area (Å²) < 4.78 is 21.8. The lowest BCUT2D eigenvalue weighted by atomic mass is 10.1. The van der Waals surface area contributed by atoms with E-state index in [-0.39, 0.29) is 24.1 Å². The van der Waals surface area contributed by atoms with E-state index in [1.165, 1.54) is 0 Å². The number of carbonyl (C=O) groups is 1. The van der Waals surface area contributed by atoms with E-state index in [1.54, 1.807) is 24.3 Å². The maximum atomic E-state index is 11.6. The van der Waals surface area contributed by atoms with Gasteiger partial charge in [0.25, 0.3) is 0 Å². The van der Waals surface area contributed by atoms with Crippen LogP contribution in [-0.2, 0) is 20.6 Å². The molecule has 1 rings (SSSR count). The molecule has 5 N–H and O–H groups in total. The fourth-order valence-corrected chi connectivity index (χ4v) is 2.17. The van der Waals surface area contributed by atoms with Crippen LogP contribution in [0.2, 0.25) is 0 Å². The summed E-state index contributed by atoms with van der Waals surface area (Å²) in [5.74, 6) is -0.379. The number of sulfonamides is 1. The normalized spacial score (nSPS) is 13.0. The van der Waals surface area contributed by atoms with Crippen molar-refractivity contribution in [1.82, 2.24) is 0 Å². The summed E-state index contributed by atoms with van der Waals surface area (Å²) in [4.78, 5) is 11.6. The van der Waals surface area contributed by atoms with E-state index in [4.69, 9.17) is 10.9 Å². The molecule has 0 bridgehead atoms. The Bertz CT molecular complexity index is 526. The van der Waals surface area contributed by atoms with E-state index in [0.717, 1.165) is 6.42 Å². The average molecular weight is 285 g/mol. The van der Waals surface area contributed by atoms with E-state index >= 15 is 0 Å². The lowest BCUT2D eigenvalue weighted by molar-refractivity contribution is -0.116. The Hall–Kier alpha value is -1.44. The fraction of sp³-hybridized carbons (Fsp3) is 0.417. The molecule has 0 spiro atoms. The quantitative estimate of drug-likeness (QED) is 0.707. The van der Waals surface area contributed by atoms with Gasteiger partial charge in [-0.05, 0) is 24.1 Å². The molecule has 0 radical (unpaired) electrons. The Morgan fingerprint density at radius 3 is 2.37 bits per heavy atom. The lowest BCUT2D eigenvalue weighted by Gasteiger charge is -2.09. The summed E-state index contributed by atoms with van der Waals surface area (Å²) >= 11 is 0. The molecular weight excluding hydrogens is 266 g/mol. The van der Waals surface area contributed by atoms with Gasteiger partial charge in [0.2, 0.25) is 15.9 Å². The van der Waals surface area contributed by atoms with E-state index in [0.29, 0.717) is 11.3 Å². The van der Waals surface area contributed by atoms with Gasteiger partial charge in [0.1, 0.15) is 0 Å². The van der Waals surface area contributed by atoms with Gasteiger partial charge in [-0.25, -0.2) is 13.6 Å². The molecule has 19 heavy (non-hydrogen) atoms. The number of nitrogens with two attached hydrogens (primary N) is 2. The maximum absolute atomic E-state index is 11.6. The number of anilines is 1. The molecular formula is C12H19N3O3S. The number of nitrogens with one attached hydrogen (secondary N) is 1. The molecule has 1 aromatic rings. The Labute approximate surface area is 113 Å². The summed E-state index contributed by atoms with van der Waals surface area (Å²) in [5.41, 5.74) is 6.86. The van der Waals surface area contributed by atoms with E-state index < -0.39 is 10.0 Å². The van der Waals surface area contributed by atoms with Crippen molar-refractivity contribution in [3.63, 3.8) is 0 Å². The first-order chi connectivity index (χ1) is 8.80. The Morgan fingerprint density at radius 1 is 1.32 bits per heavy atom. The van der Waals surface area contributed by atoms with E-state index in [2.05, 4.69) is 5.32 Å². The molecule has 0 saturated carbocycles. The highest BCUT2D eigenvalue weighted by Crippen LogP contribution is 2.12. The largest absolute Gasteiger partial charge is 0.327 e. The van der Waals surface area contributed by atoms with Crippen LogP contribution in [0.4, 0.5) is 5.69 Å². The number of benzene rings is 1. The monoisotopic (exact) mass is 285 g/mol. The Morgan fingerprint density at radius 2 is 1.89 bits per heavy atom. The summed E-state index contributed by atoms with van der Waals surface area (Å²) in [6.07, 6.45) is 0.996. The predicted molar refractivity (Wildman–Crippen MR) is 74.8 cm³/mol. The third-order valence-electron chi connectivity index (χ3n) is 2.58. The first kappa shape index (κ1) is 15.6. The number of amides is 1. The molecule has 0 heterocycles. The van der Waals surface area contributed by atoms with Crippen molar-refractivity contribution in [2.45, 2.75) is 31.6 Å². The van der Waals surface area contributed by atoms with Crippen molar-refractivity contribution < 1.29 is 13.2 Å². The third-order valence-corrected chi connectivity index (χ3v) is 3.31. The van der Waals surface area contributed by atoms with Crippen LogP contribution in [-0.4, -0.2) is 20.4 Å². The van der Waals surface area contributed by atoms with Gasteiger partial charge < -0.3 is 11.1 Å². The van der Waals surface area contributed by atoms with Gasteiger partial charge in [-0.3, -0.25) is 4.79 Å². The molecule has 1 unspecified atom stereocenters. The van der Waals surface area contributed by atoms with Crippen LogP contribution in [0, 0.1) is 0 Å². The molecule has 0 aliphatic rings. The van der Waals surface area contributed by atoms with E-state index in [9.17, 15) is 13.2 Å².